The quantitative estimate of drug-likeness (QED) is 0.561. The topological polar surface area (TPSA) is 35.5 Å². The molecule has 0 aliphatic rings. The van der Waals surface area contributed by atoms with Gasteiger partial charge in [0.05, 0.1) is 12.2 Å². The second-order valence-corrected chi connectivity index (χ2v) is 3.43. The number of esters is 1. The van der Waals surface area contributed by atoms with Gasteiger partial charge in [0.1, 0.15) is 6.61 Å². The fraction of sp³-hybridized carbons (Fsp3) is 0.417. The van der Waals surface area contributed by atoms with Gasteiger partial charge in [0.2, 0.25) is 0 Å². The summed E-state index contributed by atoms with van der Waals surface area (Å²) in [4.78, 5) is 11.5. The van der Waals surface area contributed by atoms with Crippen LogP contribution in [0.25, 0.3) is 0 Å². The Labute approximate surface area is 90.0 Å². The van der Waals surface area contributed by atoms with Crippen molar-refractivity contribution in [3.8, 4) is 0 Å². The first kappa shape index (κ1) is 11.7. The highest BCUT2D eigenvalue weighted by atomic mass is 16.6. The lowest BCUT2D eigenvalue weighted by atomic mass is 10.1. The average molecular weight is 208 g/mol. The third-order valence-corrected chi connectivity index (χ3v) is 2.26. The van der Waals surface area contributed by atoms with Crippen LogP contribution in [0.5, 0.6) is 0 Å². The van der Waals surface area contributed by atoms with Crippen LogP contribution < -0.4 is 0 Å². The molecule has 3 heteroatoms. The summed E-state index contributed by atoms with van der Waals surface area (Å²) in [6, 6.07) is 5.53. The zero-order valence-electron chi connectivity index (χ0n) is 9.37. The Morgan fingerprint density at radius 2 is 1.93 bits per heavy atom. The van der Waals surface area contributed by atoms with Gasteiger partial charge in [-0.3, -0.25) is 0 Å². The molecule has 0 aromatic heterocycles. The maximum absolute atomic E-state index is 11.5. The Morgan fingerprint density at radius 3 is 2.53 bits per heavy atom. The minimum absolute atomic E-state index is 0.294. The molecule has 0 bridgehead atoms. The second kappa shape index (κ2) is 5.51. The van der Waals surface area contributed by atoms with Crippen LogP contribution >= 0.6 is 0 Å². The zero-order valence-corrected chi connectivity index (χ0v) is 9.37. The van der Waals surface area contributed by atoms with Crippen LogP contribution in [-0.4, -0.2) is 26.3 Å². The van der Waals surface area contributed by atoms with E-state index in [2.05, 4.69) is 0 Å². The van der Waals surface area contributed by atoms with Gasteiger partial charge in [-0.1, -0.05) is 6.07 Å². The highest BCUT2D eigenvalue weighted by molar-refractivity contribution is 5.89. The largest absolute Gasteiger partial charge is 0.460 e. The molecule has 0 aliphatic heterocycles. The molecule has 0 amide bonds. The lowest BCUT2D eigenvalue weighted by Crippen LogP contribution is -2.10. The molecular weight excluding hydrogens is 192 g/mol. The predicted molar refractivity (Wildman–Crippen MR) is 58.1 cm³/mol. The Bertz CT molecular complexity index is 345. The summed E-state index contributed by atoms with van der Waals surface area (Å²) in [5.41, 5.74) is 2.86. The number of hydrogen-bond donors (Lipinski definition) is 0. The minimum Gasteiger partial charge on any atom is -0.460 e. The Balaban J connectivity index is 2.62. The molecule has 0 N–H and O–H groups in total. The van der Waals surface area contributed by atoms with Crippen molar-refractivity contribution in [2.45, 2.75) is 13.8 Å². The van der Waals surface area contributed by atoms with Crippen LogP contribution in [0.3, 0.4) is 0 Å². The van der Waals surface area contributed by atoms with Crippen LogP contribution in [0.1, 0.15) is 21.5 Å². The van der Waals surface area contributed by atoms with E-state index in [-0.39, 0.29) is 5.97 Å². The number of benzene rings is 1. The summed E-state index contributed by atoms with van der Waals surface area (Å²) in [5.74, 6) is -0.296. The van der Waals surface area contributed by atoms with Crippen LogP contribution in [0.4, 0.5) is 0 Å². The van der Waals surface area contributed by atoms with Crippen LogP contribution in [0, 0.1) is 13.8 Å². The fourth-order valence-electron chi connectivity index (χ4n) is 1.17. The number of hydrogen-bond acceptors (Lipinski definition) is 3. The number of carbonyl (C=O) groups is 1. The summed E-state index contributed by atoms with van der Waals surface area (Å²) in [7, 11) is 1.57. The molecule has 0 aliphatic carbocycles. The summed E-state index contributed by atoms with van der Waals surface area (Å²) in [6.07, 6.45) is 0. The molecule has 0 radical (unpaired) electrons. The van der Waals surface area contributed by atoms with Gasteiger partial charge < -0.3 is 9.47 Å². The first-order valence-corrected chi connectivity index (χ1v) is 4.88. The van der Waals surface area contributed by atoms with Gasteiger partial charge in [0, 0.05) is 7.11 Å². The monoisotopic (exact) mass is 208 g/mol. The number of methoxy groups -OCH3 is 1. The standard InChI is InChI=1S/C12H16O3/c1-9-4-5-11(8-10(9)2)12(13)15-7-6-14-3/h4-5,8H,6-7H2,1-3H3. The van der Waals surface area contributed by atoms with Gasteiger partial charge >= 0.3 is 5.97 Å². The van der Waals surface area contributed by atoms with Gasteiger partial charge in [-0.2, -0.15) is 0 Å². The number of rotatable bonds is 4. The molecule has 0 unspecified atom stereocenters. The van der Waals surface area contributed by atoms with Crippen LogP contribution in [0.2, 0.25) is 0 Å². The van der Waals surface area contributed by atoms with Crippen molar-refractivity contribution in [2.75, 3.05) is 20.3 Å². The normalized spacial score (nSPS) is 10.1. The molecular formula is C12H16O3. The van der Waals surface area contributed by atoms with Crippen molar-refractivity contribution in [3.63, 3.8) is 0 Å². The van der Waals surface area contributed by atoms with Gasteiger partial charge in [-0.15, -0.1) is 0 Å². The Kier molecular flexibility index (Phi) is 4.31. The fourth-order valence-corrected chi connectivity index (χ4v) is 1.17. The van der Waals surface area contributed by atoms with Crippen molar-refractivity contribution in [2.24, 2.45) is 0 Å². The Morgan fingerprint density at radius 1 is 1.20 bits per heavy atom. The molecule has 3 nitrogen and oxygen atoms in total. The van der Waals surface area contributed by atoms with Crippen molar-refractivity contribution in [1.29, 1.82) is 0 Å². The van der Waals surface area contributed by atoms with E-state index in [1.165, 1.54) is 5.56 Å². The number of carbonyl (C=O) groups excluding carboxylic acids is 1. The van der Waals surface area contributed by atoms with E-state index in [9.17, 15) is 4.79 Å². The number of ether oxygens (including phenoxy) is 2. The van der Waals surface area contributed by atoms with Gasteiger partial charge in [-0.25, -0.2) is 4.79 Å². The first-order valence-electron chi connectivity index (χ1n) is 4.88. The molecule has 82 valence electrons. The van der Waals surface area contributed by atoms with E-state index >= 15 is 0 Å². The second-order valence-electron chi connectivity index (χ2n) is 3.43. The molecule has 1 aromatic rings. The van der Waals surface area contributed by atoms with Crippen molar-refractivity contribution >= 4 is 5.97 Å². The van der Waals surface area contributed by atoms with E-state index in [0.29, 0.717) is 18.8 Å². The van der Waals surface area contributed by atoms with Crippen molar-refractivity contribution < 1.29 is 14.3 Å². The first-order chi connectivity index (χ1) is 7.15. The number of aryl methyl sites for hydroxylation is 2. The third-order valence-electron chi connectivity index (χ3n) is 2.26. The maximum atomic E-state index is 11.5. The average Bonchev–Trinajstić information content (AvgIpc) is 2.22. The molecule has 1 rings (SSSR count). The summed E-state index contributed by atoms with van der Waals surface area (Å²) in [6.45, 7) is 4.70. The van der Waals surface area contributed by atoms with E-state index in [1.807, 2.05) is 26.0 Å². The SMILES string of the molecule is COCCOC(=O)c1ccc(C)c(C)c1. The van der Waals surface area contributed by atoms with E-state index in [0.717, 1.165) is 5.56 Å². The van der Waals surface area contributed by atoms with E-state index in [4.69, 9.17) is 9.47 Å². The maximum Gasteiger partial charge on any atom is 0.338 e. The Hall–Kier alpha value is -1.35. The summed E-state index contributed by atoms with van der Waals surface area (Å²) in [5, 5.41) is 0. The molecule has 0 atom stereocenters. The highest BCUT2D eigenvalue weighted by Crippen LogP contribution is 2.10. The minimum atomic E-state index is -0.296. The van der Waals surface area contributed by atoms with Crippen molar-refractivity contribution in [1.82, 2.24) is 0 Å². The lowest BCUT2D eigenvalue weighted by molar-refractivity contribution is 0.0388. The smallest absolute Gasteiger partial charge is 0.338 e. The molecule has 0 fully saturated rings. The van der Waals surface area contributed by atoms with Gasteiger partial charge in [-0.05, 0) is 37.1 Å². The third kappa shape index (κ3) is 3.36. The predicted octanol–water partition coefficient (Wildman–Crippen LogP) is 2.11. The zero-order chi connectivity index (χ0) is 11.3. The van der Waals surface area contributed by atoms with Crippen LogP contribution in [0.15, 0.2) is 18.2 Å². The van der Waals surface area contributed by atoms with E-state index in [1.54, 1.807) is 13.2 Å². The van der Waals surface area contributed by atoms with Crippen LogP contribution in [-0.2, 0) is 9.47 Å². The summed E-state index contributed by atoms with van der Waals surface area (Å²) < 4.78 is 9.79. The molecule has 0 heterocycles. The molecule has 15 heavy (non-hydrogen) atoms. The molecule has 0 saturated carbocycles. The molecule has 1 aromatic carbocycles. The molecule has 0 saturated heterocycles. The van der Waals surface area contributed by atoms with Crippen molar-refractivity contribution in [3.05, 3.63) is 34.9 Å². The summed E-state index contributed by atoms with van der Waals surface area (Å²) >= 11 is 0. The molecule has 0 spiro atoms. The van der Waals surface area contributed by atoms with Gasteiger partial charge in [0.15, 0.2) is 0 Å². The van der Waals surface area contributed by atoms with E-state index < -0.39 is 0 Å². The lowest BCUT2D eigenvalue weighted by Gasteiger charge is -2.06. The van der Waals surface area contributed by atoms with Gasteiger partial charge in [0.25, 0.3) is 0 Å². The highest BCUT2D eigenvalue weighted by Gasteiger charge is 2.07.